The van der Waals surface area contributed by atoms with E-state index in [4.69, 9.17) is 0 Å². The zero-order valence-corrected chi connectivity index (χ0v) is 13.8. The van der Waals surface area contributed by atoms with Gasteiger partial charge in [0.1, 0.15) is 0 Å². The molecule has 0 aliphatic heterocycles. The fourth-order valence-electron chi connectivity index (χ4n) is 2.81. The maximum Gasteiger partial charge on any atom is 0.0522 e. The largest absolute Gasteiger partial charge is 0.313 e. The molecule has 1 fully saturated rings. The van der Waals surface area contributed by atoms with Gasteiger partial charge in [-0.05, 0) is 44.7 Å². The molecule has 1 N–H and O–H groups in total. The van der Waals surface area contributed by atoms with Gasteiger partial charge in [0.2, 0.25) is 0 Å². The van der Waals surface area contributed by atoms with Crippen molar-refractivity contribution in [2.45, 2.75) is 70.2 Å². The summed E-state index contributed by atoms with van der Waals surface area (Å²) in [5, 5.41) is 9.01. The van der Waals surface area contributed by atoms with Crippen LogP contribution in [0, 0.1) is 0 Å². The van der Waals surface area contributed by atoms with Gasteiger partial charge in [0, 0.05) is 29.8 Å². The summed E-state index contributed by atoms with van der Waals surface area (Å²) in [6.07, 6.45) is 12.3. The van der Waals surface area contributed by atoms with Gasteiger partial charge in [-0.15, -0.1) is 0 Å². The molecule has 1 heterocycles. The molecule has 2 rings (SSSR count). The maximum atomic E-state index is 4.39. The highest BCUT2D eigenvalue weighted by molar-refractivity contribution is 7.99. The van der Waals surface area contributed by atoms with Gasteiger partial charge < -0.3 is 5.32 Å². The van der Waals surface area contributed by atoms with Crippen molar-refractivity contribution in [3.05, 3.63) is 18.0 Å². The number of nitrogens with one attached hydrogen (secondary N) is 1. The van der Waals surface area contributed by atoms with Crippen molar-refractivity contribution in [3.63, 3.8) is 0 Å². The van der Waals surface area contributed by atoms with E-state index in [1.807, 2.05) is 10.9 Å². The van der Waals surface area contributed by atoms with Crippen molar-refractivity contribution in [1.29, 1.82) is 0 Å². The van der Waals surface area contributed by atoms with Crippen molar-refractivity contribution < 1.29 is 0 Å². The smallest absolute Gasteiger partial charge is 0.0522 e. The van der Waals surface area contributed by atoms with Crippen molar-refractivity contribution >= 4 is 11.8 Å². The van der Waals surface area contributed by atoms with E-state index in [0.717, 1.165) is 24.8 Å². The fourth-order valence-corrected chi connectivity index (χ4v) is 4.22. The molecule has 0 bridgehead atoms. The van der Waals surface area contributed by atoms with Crippen LogP contribution in [0.1, 0.15) is 51.5 Å². The number of thioether (sulfide) groups is 1. The molecule has 1 aromatic rings. The third kappa shape index (κ3) is 5.13. The summed E-state index contributed by atoms with van der Waals surface area (Å²) < 4.78 is 2.02. The van der Waals surface area contributed by atoms with Crippen LogP contribution in [0.2, 0.25) is 0 Å². The number of hydrogen-bond donors (Lipinski definition) is 1. The Morgan fingerprint density at radius 3 is 2.85 bits per heavy atom. The third-order valence-corrected chi connectivity index (χ3v) is 5.55. The molecule has 1 aliphatic rings. The van der Waals surface area contributed by atoms with E-state index in [1.54, 1.807) is 0 Å². The first-order chi connectivity index (χ1) is 9.81. The van der Waals surface area contributed by atoms with E-state index in [9.17, 15) is 0 Å². The predicted molar refractivity (Wildman–Crippen MR) is 88.4 cm³/mol. The minimum absolute atomic E-state index is 0.593. The molecule has 3 nitrogen and oxygen atoms in total. The Balaban J connectivity index is 1.81. The topological polar surface area (TPSA) is 29.9 Å². The summed E-state index contributed by atoms with van der Waals surface area (Å²) in [7, 11) is 0. The molecular weight excluding hydrogens is 266 g/mol. The number of nitrogens with zero attached hydrogens (tertiary/aromatic N) is 2. The summed E-state index contributed by atoms with van der Waals surface area (Å²) in [6, 6.07) is 0.593. The normalized spacial score (nSPS) is 17.7. The lowest BCUT2D eigenvalue weighted by atomic mass is 10.1. The minimum atomic E-state index is 0.593. The second-order valence-corrected chi connectivity index (χ2v) is 7.13. The molecule has 0 saturated heterocycles. The van der Waals surface area contributed by atoms with Crippen LogP contribution in [0.15, 0.2) is 12.4 Å². The van der Waals surface area contributed by atoms with Crippen LogP contribution in [-0.4, -0.2) is 33.4 Å². The van der Waals surface area contributed by atoms with Crippen molar-refractivity contribution in [3.8, 4) is 0 Å². The molecule has 0 radical (unpaired) electrons. The van der Waals surface area contributed by atoms with Gasteiger partial charge in [-0.25, -0.2) is 0 Å². The Hall–Kier alpha value is -0.480. The third-order valence-electron chi connectivity index (χ3n) is 4.01. The summed E-state index contributed by atoms with van der Waals surface area (Å²) in [4.78, 5) is 0. The van der Waals surface area contributed by atoms with Crippen LogP contribution >= 0.6 is 11.8 Å². The summed E-state index contributed by atoms with van der Waals surface area (Å²) in [5.41, 5.74) is 1.37. The molecule has 1 saturated carbocycles. The highest BCUT2D eigenvalue weighted by atomic mass is 32.2. The van der Waals surface area contributed by atoms with E-state index < -0.39 is 0 Å². The van der Waals surface area contributed by atoms with Gasteiger partial charge in [-0.2, -0.15) is 16.9 Å². The van der Waals surface area contributed by atoms with Gasteiger partial charge >= 0.3 is 0 Å². The van der Waals surface area contributed by atoms with Crippen LogP contribution in [0.5, 0.6) is 0 Å². The van der Waals surface area contributed by atoms with Crippen molar-refractivity contribution in [1.82, 2.24) is 15.1 Å². The van der Waals surface area contributed by atoms with Crippen molar-refractivity contribution in [2.24, 2.45) is 0 Å². The van der Waals surface area contributed by atoms with Gasteiger partial charge in [0.15, 0.2) is 0 Å². The molecule has 114 valence electrons. The Labute approximate surface area is 127 Å². The van der Waals surface area contributed by atoms with Gasteiger partial charge in [-0.1, -0.05) is 19.8 Å². The molecule has 0 spiro atoms. The van der Waals surface area contributed by atoms with Crippen LogP contribution < -0.4 is 5.32 Å². The average Bonchev–Trinajstić information content (AvgIpc) is 3.13. The number of rotatable bonds is 9. The lowest BCUT2D eigenvalue weighted by Gasteiger charge is -2.19. The van der Waals surface area contributed by atoms with E-state index in [2.05, 4.69) is 42.2 Å². The average molecular weight is 295 g/mol. The standard InChI is InChI=1S/C16H29N3S/c1-3-9-17-15(13-20-16-7-5-6-8-16)10-14-11-18-19(4-2)12-14/h11-12,15-17H,3-10,13H2,1-2H3. The van der Waals surface area contributed by atoms with Crippen LogP contribution in [0.25, 0.3) is 0 Å². The molecule has 1 atom stereocenters. The minimum Gasteiger partial charge on any atom is -0.313 e. The maximum absolute atomic E-state index is 4.39. The molecule has 0 amide bonds. The Morgan fingerprint density at radius 1 is 1.40 bits per heavy atom. The number of aryl methyl sites for hydroxylation is 1. The van der Waals surface area contributed by atoms with E-state index >= 15 is 0 Å². The van der Waals surface area contributed by atoms with Gasteiger partial charge in [0.25, 0.3) is 0 Å². The summed E-state index contributed by atoms with van der Waals surface area (Å²) in [6.45, 7) is 6.46. The van der Waals surface area contributed by atoms with Gasteiger partial charge in [-0.3, -0.25) is 4.68 Å². The molecule has 1 aromatic heterocycles. The second-order valence-electron chi connectivity index (χ2n) is 5.80. The Kier molecular flexibility index (Phi) is 6.94. The predicted octanol–water partition coefficient (Wildman–Crippen LogP) is 3.49. The van der Waals surface area contributed by atoms with Gasteiger partial charge in [0.05, 0.1) is 6.20 Å². The zero-order valence-electron chi connectivity index (χ0n) is 13.0. The quantitative estimate of drug-likeness (QED) is 0.756. The second kappa shape index (κ2) is 8.73. The van der Waals surface area contributed by atoms with Crippen LogP contribution in [0.3, 0.4) is 0 Å². The molecule has 0 aromatic carbocycles. The first kappa shape index (κ1) is 15.9. The van der Waals surface area contributed by atoms with E-state index in [0.29, 0.717) is 6.04 Å². The Bertz CT molecular complexity index is 372. The Morgan fingerprint density at radius 2 is 2.20 bits per heavy atom. The highest BCUT2D eigenvalue weighted by Gasteiger charge is 2.18. The first-order valence-electron chi connectivity index (χ1n) is 8.18. The highest BCUT2D eigenvalue weighted by Crippen LogP contribution is 2.30. The summed E-state index contributed by atoms with van der Waals surface area (Å²) in [5.74, 6) is 1.24. The lowest BCUT2D eigenvalue weighted by molar-refractivity contribution is 0.549. The number of aromatic nitrogens is 2. The van der Waals surface area contributed by atoms with Crippen LogP contribution in [-0.2, 0) is 13.0 Å². The fraction of sp³-hybridized carbons (Fsp3) is 0.812. The summed E-state index contributed by atoms with van der Waals surface area (Å²) >= 11 is 2.18. The SMILES string of the molecule is CCCNC(CSC1CCCC1)Cc1cnn(CC)c1. The molecule has 1 unspecified atom stereocenters. The zero-order chi connectivity index (χ0) is 14.2. The molecule has 20 heavy (non-hydrogen) atoms. The molecule has 1 aliphatic carbocycles. The lowest BCUT2D eigenvalue weighted by Crippen LogP contribution is -2.34. The molecule has 4 heteroatoms. The first-order valence-corrected chi connectivity index (χ1v) is 9.23. The molecular formula is C16H29N3S. The monoisotopic (exact) mass is 295 g/mol. The van der Waals surface area contributed by atoms with Crippen LogP contribution in [0.4, 0.5) is 0 Å². The van der Waals surface area contributed by atoms with Crippen molar-refractivity contribution in [2.75, 3.05) is 12.3 Å². The van der Waals surface area contributed by atoms with E-state index in [-0.39, 0.29) is 0 Å². The van der Waals surface area contributed by atoms with E-state index in [1.165, 1.54) is 43.4 Å². The number of hydrogen-bond acceptors (Lipinski definition) is 3.